The van der Waals surface area contributed by atoms with Gasteiger partial charge < -0.3 is 10.5 Å². The highest BCUT2D eigenvalue weighted by molar-refractivity contribution is 7.83. The van der Waals surface area contributed by atoms with E-state index in [4.69, 9.17) is 10.5 Å². The van der Waals surface area contributed by atoms with Crippen molar-refractivity contribution in [1.82, 2.24) is 4.41 Å². The van der Waals surface area contributed by atoms with Crippen molar-refractivity contribution in [3.05, 3.63) is 95.3 Å². The summed E-state index contributed by atoms with van der Waals surface area (Å²) < 4.78 is 101. The van der Waals surface area contributed by atoms with Gasteiger partial charge in [-0.15, -0.1) is 0 Å². The Morgan fingerprint density at radius 3 is 2.16 bits per heavy atom. The van der Waals surface area contributed by atoms with E-state index >= 15 is 13.2 Å². The normalized spacial score (nSPS) is 18.7. The second-order valence-corrected chi connectivity index (χ2v) is 9.12. The van der Waals surface area contributed by atoms with E-state index < -0.39 is 44.7 Å². The first-order valence-corrected chi connectivity index (χ1v) is 11.8. The van der Waals surface area contributed by atoms with Gasteiger partial charge in [-0.1, -0.05) is 34.7 Å². The summed E-state index contributed by atoms with van der Waals surface area (Å²) in [6.07, 6.45) is -5.49. The third-order valence-electron chi connectivity index (χ3n) is 5.77. The topological polar surface area (TPSA) is 120 Å². The minimum Gasteiger partial charge on any atom is -0.494 e. The maximum atomic E-state index is 15.2. The molecule has 1 aliphatic rings. The molecular weight excluding hydrogens is 516 g/mol. The number of ether oxygens (including phenoxy) is 1. The summed E-state index contributed by atoms with van der Waals surface area (Å²) in [7, 11) is -4.58. The summed E-state index contributed by atoms with van der Waals surface area (Å²) in [4.78, 5) is 0. The van der Waals surface area contributed by atoms with Crippen molar-refractivity contribution in [2.75, 3.05) is 17.9 Å². The molecule has 0 spiro atoms. The van der Waals surface area contributed by atoms with Gasteiger partial charge in [0.1, 0.15) is 0 Å². The number of halogens is 4. The minimum atomic E-state index is -5.76. The third kappa shape index (κ3) is 4.05. The Hall–Kier alpha value is -4.12. The molecule has 0 aliphatic carbocycles. The number of methoxy groups -OCH3 is 1. The first-order chi connectivity index (χ1) is 17.4. The highest BCUT2D eigenvalue weighted by Gasteiger charge is 2.72. The summed E-state index contributed by atoms with van der Waals surface area (Å²) in [6, 6.07) is 15.3. The standard InChI is InChI=1S/C24H18F4N4O4S/c1-36-21-12-7-15(13-20(21)25)22-19(14-29)23(24(26,27)28,16-5-3-2-4-6-16)32(37(33,34)35)31(22)18-10-8-17(30)9-11-18/h2-13H,30H2,1H3,(H,33,34,35). The van der Waals surface area contributed by atoms with Crippen LogP contribution in [-0.4, -0.2) is 30.7 Å². The number of benzene rings is 3. The van der Waals surface area contributed by atoms with Crippen LogP contribution < -0.4 is 15.5 Å². The highest BCUT2D eigenvalue weighted by atomic mass is 32.2. The van der Waals surface area contributed by atoms with Gasteiger partial charge in [0, 0.05) is 11.3 Å². The first-order valence-electron chi connectivity index (χ1n) is 10.4. The lowest BCUT2D eigenvalue weighted by Crippen LogP contribution is -2.60. The average Bonchev–Trinajstić information content (AvgIpc) is 3.18. The minimum absolute atomic E-state index is 0.202. The monoisotopic (exact) mass is 534 g/mol. The fourth-order valence-corrected chi connectivity index (χ4v) is 5.33. The molecule has 1 aliphatic heterocycles. The van der Waals surface area contributed by atoms with E-state index in [1.807, 2.05) is 0 Å². The molecule has 1 unspecified atom stereocenters. The molecule has 0 fully saturated rings. The molecule has 3 N–H and O–H groups in total. The van der Waals surface area contributed by atoms with Crippen molar-refractivity contribution in [3.63, 3.8) is 0 Å². The van der Waals surface area contributed by atoms with Crippen LogP contribution in [0.1, 0.15) is 11.1 Å². The van der Waals surface area contributed by atoms with Crippen molar-refractivity contribution in [3.8, 4) is 11.8 Å². The number of hydrogen-bond donors (Lipinski definition) is 2. The fraction of sp³-hybridized carbons (Fsp3) is 0.125. The summed E-state index contributed by atoms with van der Waals surface area (Å²) in [5, 5.41) is 10.7. The number of rotatable bonds is 5. The van der Waals surface area contributed by atoms with E-state index in [1.165, 1.54) is 61.7 Å². The van der Waals surface area contributed by atoms with Crippen molar-refractivity contribution in [2.45, 2.75) is 11.7 Å². The van der Waals surface area contributed by atoms with Crippen molar-refractivity contribution >= 4 is 27.4 Å². The van der Waals surface area contributed by atoms with E-state index in [2.05, 4.69) is 0 Å². The molecule has 0 radical (unpaired) electrons. The number of anilines is 2. The molecule has 192 valence electrons. The quantitative estimate of drug-likeness (QED) is 0.278. The molecule has 1 heterocycles. The van der Waals surface area contributed by atoms with Gasteiger partial charge in [0.15, 0.2) is 11.6 Å². The molecule has 0 bridgehead atoms. The van der Waals surface area contributed by atoms with Crippen LogP contribution in [0.2, 0.25) is 0 Å². The van der Waals surface area contributed by atoms with E-state index in [0.717, 1.165) is 24.3 Å². The Balaban J connectivity index is 2.23. The van der Waals surface area contributed by atoms with Gasteiger partial charge in [-0.3, -0.25) is 9.56 Å². The Morgan fingerprint density at radius 2 is 1.68 bits per heavy atom. The maximum Gasteiger partial charge on any atom is 0.419 e. The van der Waals surface area contributed by atoms with Gasteiger partial charge in [-0.2, -0.15) is 26.9 Å². The van der Waals surface area contributed by atoms with Gasteiger partial charge in [-0.25, -0.2) is 4.39 Å². The number of nitriles is 1. The van der Waals surface area contributed by atoms with Crippen LogP contribution in [0.25, 0.3) is 5.70 Å². The van der Waals surface area contributed by atoms with Crippen LogP contribution in [0, 0.1) is 17.1 Å². The summed E-state index contributed by atoms with van der Waals surface area (Å²) in [6.45, 7) is 0. The highest BCUT2D eigenvalue weighted by Crippen LogP contribution is 2.58. The number of nitrogen functional groups attached to an aromatic ring is 1. The molecule has 3 aromatic carbocycles. The first kappa shape index (κ1) is 26.0. The van der Waals surface area contributed by atoms with Gasteiger partial charge >= 0.3 is 16.5 Å². The third-order valence-corrected chi connectivity index (χ3v) is 6.65. The van der Waals surface area contributed by atoms with E-state index in [1.54, 1.807) is 0 Å². The van der Waals surface area contributed by atoms with Crippen LogP contribution in [0.4, 0.5) is 28.9 Å². The second kappa shape index (κ2) is 9.07. The van der Waals surface area contributed by atoms with Crippen molar-refractivity contribution in [2.24, 2.45) is 0 Å². The molecule has 0 aromatic heterocycles. The number of hydrogen-bond acceptors (Lipinski definition) is 6. The largest absolute Gasteiger partial charge is 0.494 e. The van der Waals surface area contributed by atoms with Crippen LogP contribution in [0.3, 0.4) is 0 Å². The molecular formula is C24H18F4N4O4S. The predicted molar refractivity (Wildman–Crippen MR) is 126 cm³/mol. The average molecular weight is 534 g/mol. The van der Waals surface area contributed by atoms with Gasteiger partial charge in [-0.05, 0) is 48.0 Å². The molecule has 3 aromatic rings. The van der Waals surface area contributed by atoms with Gasteiger partial charge in [0.05, 0.1) is 30.1 Å². The zero-order chi connectivity index (χ0) is 27.2. The fourth-order valence-electron chi connectivity index (χ4n) is 4.30. The molecule has 37 heavy (non-hydrogen) atoms. The summed E-state index contributed by atoms with van der Waals surface area (Å²) in [5.41, 5.74) is -0.750. The Kier molecular flexibility index (Phi) is 6.37. The smallest absolute Gasteiger partial charge is 0.419 e. The van der Waals surface area contributed by atoms with Crippen molar-refractivity contribution in [1.29, 1.82) is 5.26 Å². The van der Waals surface area contributed by atoms with Gasteiger partial charge in [0.25, 0.3) is 0 Å². The number of hydrazine groups is 1. The maximum absolute atomic E-state index is 15.2. The van der Waals surface area contributed by atoms with Crippen LogP contribution in [-0.2, 0) is 15.8 Å². The predicted octanol–water partition coefficient (Wildman–Crippen LogP) is 4.65. The molecule has 1 atom stereocenters. The molecule has 13 heteroatoms. The van der Waals surface area contributed by atoms with Crippen LogP contribution in [0.15, 0.2) is 78.4 Å². The molecule has 8 nitrogen and oxygen atoms in total. The summed E-state index contributed by atoms with van der Waals surface area (Å²) in [5.74, 6) is -1.22. The lowest BCUT2D eigenvalue weighted by atomic mass is 9.82. The number of nitrogens with zero attached hydrogens (tertiary/aromatic N) is 3. The molecule has 0 saturated heterocycles. The Bertz CT molecular complexity index is 1520. The lowest BCUT2D eigenvalue weighted by molar-refractivity contribution is -0.205. The second-order valence-electron chi connectivity index (χ2n) is 7.88. The van der Waals surface area contributed by atoms with E-state index in [0.29, 0.717) is 5.01 Å². The van der Waals surface area contributed by atoms with Crippen molar-refractivity contribution < 1.29 is 35.3 Å². The SMILES string of the molecule is COc1ccc(C2=C(C#N)C(c3ccccc3)(C(F)(F)F)N(S(=O)(=O)O)N2c2ccc(N)cc2)cc1F. The molecule has 0 saturated carbocycles. The van der Waals surface area contributed by atoms with Crippen LogP contribution in [0.5, 0.6) is 5.75 Å². The zero-order valence-electron chi connectivity index (χ0n) is 18.9. The molecule has 4 rings (SSSR count). The van der Waals surface area contributed by atoms with E-state index in [-0.39, 0.29) is 27.1 Å². The lowest BCUT2D eigenvalue weighted by Gasteiger charge is -2.41. The Labute approximate surface area is 209 Å². The molecule has 0 amide bonds. The summed E-state index contributed by atoms with van der Waals surface area (Å²) >= 11 is 0. The van der Waals surface area contributed by atoms with E-state index in [9.17, 15) is 22.6 Å². The van der Waals surface area contributed by atoms with Gasteiger partial charge in [0.2, 0.25) is 5.54 Å². The zero-order valence-corrected chi connectivity index (χ0v) is 19.8. The Morgan fingerprint density at radius 1 is 1.05 bits per heavy atom. The number of alkyl halides is 3. The van der Waals surface area contributed by atoms with Crippen LogP contribution >= 0.6 is 0 Å². The number of nitrogens with two attached hydrogens (primary N) is 1.